The lowest BCUT2D eigenvalue weighted by molar-refractivity contribution is 0.0746. The third-order valence-electron chi connectivity index (χ3n) is 4.40. The van der Waals surface area contributed by atoms with Crippen LogP contribution in [0.15, 0.2) is 48.5 Å². The van der Waals surface area contributed by atoms with Crippen LogP contribution in [0.2, 0.25) is 0 Å². The van der Waals surface area contributed by atoms with Crippen molar-refractivity contribution in [3.63, 3.8) is 0 Å². The van der Waals surface area contributed by atoms with Crippen LogP contribution < -0.4 is 14.4 Å². The molecule has 1 fully saturated rings. The largest absolute Gasteiger partial charge is 0.493 e. The highest BCUT2D eigenvalue weighted by molar-refractivity contribution is 5.95. The van der Waals surface area contributed by atoms with E-state index >= 15 is 0 Å². The van der Waals surface area contributed by atoms with Crippen molar-refractivity contribution in [1.29, 1.82) is 0 Å². The molecule has 0 radical (unpaired) electrons. The fourth-order valence-corrected chi connectivity index (χ4v) is 3.07. The van der Waals surface area contributed by atoms with Crippen molar-refractivity contribution in [2.45, 2.75) is 6.92 Å². The molecule has 2 aromatic rings. The van der Waals surface area contributed by atoms with Crippen LogP contribution in [0.25, 0.3) is 0 Å². The minimum atomic E-state index is 0.0383. The minimum absolute atomic E-state index is 0.0383. The number of nitrogens with zero attached hydrogens (tertiary/aromatic N) is 2. The number of carbonyl (C=O) groups excluding carboxylic acids is 1. The van der Waals surface area contributed by atoms with Gasteiger partial charge in [-0.05, 0) is 37.3 Å². The van der Waals surface area contributed by atoms with Crippen LogP contribution in [-0.4, -0.2) is 50.7 Å². The van der Waals surface area contributed by atoms with Crippen LogP contribution in [0.3, 0.4) is 0 Å². The Labute approximate surface area is 148 Å². The van der Waals surface area contributed by atoms with E-state index in [0.29, 0.717) is 36.8 Å². The Kier molecular flexibility index (Phi) is 5.43. The van der Waals surface area contributed by atoms with Gasteiger partial charge in [-0.15, -0.1) is 0 Å². The second kappa shape index (κ2) is 7.92. The lowest BCUT2D eigenvalue weighted by Gasteiger charge is -2.36. The highest BCUT2D eigenvalue weighted by Gasteiger charge is 2.23. The monoisotopic (exact) mass is 340 g/mol. The van der Waals surface area contributed by atoms with Crippen molar-refractivity contribution in [3.05, 3.63) is 54.1 Å². The highest BCUT2D eigenvalue weighted by Crippen LogP contribution is 2.28. The lowest BCUT2D eigenvalue weighted by atomic mass is 10.1. The summed E-state index contributed by atoms with van der Waals surface area (Å²) in [6.45, 7) is 5.54. The number of rotatable bonds is 5. The van der Waals surface area contributed by atoms with Crippen molar-refractivity contribution < 1.29 is 14.3 Å². The Hall–Kier alpha value is -2.69. The maximum absolute atomic E-state index is 12.8. The first-order chi connectivity index (χ1) is 12.2. The Balaban J connectivity index is 1.67. The van der Waals surface area contributed by atoms with Gasteiger partial charge in [0.15, 0.2) is 11.5 Å². The zero-order valence-corrected chi connectivity index (χ0v) is 14.8. The van der Waals surface area contributed by atoms with E-state index in [1.54, 1.807) is 25.3 Å². The summed E-state index contributed by atoms with van der Waals surface area (Å²) in [6.07, 6.45) is 0. The van der Waals surface area contributed by atoms with E-state index in [1.807, 2.05) is 30.0 Å². The molecular formula is C20H24N2O3. The maximum atomic E-state index is 12.8. The molecule has 5 heteroatoms. The zero-order valence-electron chi connectivity index (χ0n) is 14.8. The SMILES string of the molecule is CCOc1cc(C(=O)N2CCN(c3ccccc3)CC2)ccc1OC. The standard InChI is InChI=1S/C20H24N2O3/c1-3-25-19-15-16(9-10-18(19)24-2)20(23)22-13-11-21(12-14-22)17-7-5-4-6-8-17/h4-10,15H,3,11-14H2,1-2H3. The van der Waals surface area contributed by atoms with Gasteiger partial charge in [-0.3, -0.25) is 4.79 Å². The predicted molar refractivity (Wildman–Crippen MR) is 98.7 cm³/mol. The number of hydrogen-bond donors (Lipinski definition) is 0. The number of ether oxygens (including phenoxy) is 2. The molecule has 25 heavy (non-hydrogen) atoms. The van der Waals surface area contributed by atoms with E-state index in [2.05, 4.69) is 17.0 Å². The fourth-order valence-electron chi connectivity index (χ4n) is 3.07. The first-order valence-corrected chi connectivity index (χ1v) is 8.63. The van der Waals surface area contributed by atoms with Crippen molar-refractivity contribution in [1.82, 2.24) is 4.90 Å². The number of benzene rings is 2. The summed E-state index contributed by atoms with van der Waals surface area (Å²) in [4.78, 5) is 17.0. The molecule has 1 aliphatic heterocycles. The van der Waals surface area contributed by atoms with E-state index in [9.17, 15) is 4.79 Å². The topological polar surface area (TPSA) is 42.0 Å². The van der Waals surface area contributed by atoms with Gasteiger partial charge in [-0.25, -0.2) is 0 Å². The Morgan fingerprint density at radius 3 is 2.36 bits per heavy atom. The molecule has 5 nitrogen and oxygen atoms in total. The molecule has 132 valence electrons. The molecule has 0 aliphatic carbocycles. The summed E-state index contributed by atoms with van der Waals surface area (Å²) < 4.78 is 10.9. The van der Waals surface area contributed by atoms with Gasteiger partial charge in [-0.1, -0.05) is 18.2 Å². The summed E-state index contributed by atoms with van der Waals surface area (Å²) in [7, 11) is 1.60. The Bertz CT molecular complexity index is 710. The highest BCUT2D eigenvalue weighted by atomic mass is 16.5. The molecule has 0 spiro atoms. The van der Waals surface area contributed by atoms with E-state index in [0.717, 1.165) is 13.1 Å². The van der Waals surface area contributed by atoms with Crippen LogP contribution in [0.4, 0.5) is 5.69 Å². The third-order valence-corrected chi connectivity index (χ3v) is 4.40. The second-order valence-corrected chi connectivity index (χ2v) is 5.91. The van der Waals surface area contributed by atoms with Gasteiger partial charge >= 0.3 is 0 Å². The molecule has 0 saturated carbocycles. The molecule has 3 rings (SSSR count). The first kappa shape index (κ1) is 17.1. The molecule has 1 saturated heterocycles. The summed E-state index contributed by atoms with van der Waals surface area (Å²) in [6, 6.07) is 15.7. The zero-order chi connectivity index (χ0) is 17.6. The number of methoxy groups -OCH3 is 1. The van der Waals surface area contributed by atoms with Gasteiger partial charge in [-0.2, -0.15) is 0 Å². The fraction of sp³-hybridized carbons (Fsp3) is 0.350. The number of piperazine rings is 1. The van der Waals surface area contributed by atoms with Crippen molar-refractivity contribution >= 4 is 11.6 Å². The molecule has 1 aliphatic rings. The molecule has 0 atom stereocenters. The predicted octanol–water partition coefficient (Wildman–Crippen LogP) is 3.06. The average molecular weight is 340 g/mol. The summed E-state index contributed by atoms with van der Waals surface area (Å²) in [5, 5.41) is 0. The van der Waals surface area contributed by atoms with E-state index in [1.165, 1.54) is 5.69 Å². The maximum Gasteiger partial charge on any atom is 0.254 e. The van der Waals surface area contributed by atoms with Crippen molar-refractivity contribution in [2.24, 2.45) is 0 Å². The van der Waals surface area contributed by atoms with Gasteiger partial charge in [0.2, 0.25) is 0 Å². The van der Waals surface area contributed by atoms with Gasteiger partial charge in [0.05, 0.1) is 13.7 Å². The molecule has 0 N–H and O–H groups in total. The van der Waals surface area contributed by atoms with Gasteiger partial charge < -0.3 is 19.3 Å². The van der Waals surface area contributed by atoms with Gasteiger partial charge in [0, 0.05) is 37.4 Å². The molecule has 0 bridgehead atoms. The smallest absolute Gasteiger partial charge is 0.254 e. The van der Waals surface area contributed by atoms with Crippen molar-refractivity contribution in [2.75, 3.05) is 44.8 Å². The Morgan fingerprint density at radius 1 is 1.00 bits per heavy atom. The van der Waals surface area contributed by atoms with E-state index < -0.39 is 0 Å². The molecule has 0 unspecified atom stereocenters. The van der Waals surface area contributed by atoms with E-state index in [-0.39, 0.29) is 5.91 Å². The molecule has 2 aromatic carbocycles. The Morgan fingerprint density at radius 2 is 1.72 bits per heavy atom. The lowest BCUT2D eigenvalue weighted by Crippen LogP contribution is -2.48. The average Bonchev–Trinajstić information content (AvgIpc) is 2.68. The van der Waals surface area contributed by atoms with Crippen LogP contribution in [0.5, 0.6) is 11.5 Å². The molecule has 0 aromatic heterocycles. The number of hydrogen-bond acceptors (Lipinski definition) is 4. The van der Waals surface area contributed by atoms with Crippen LogP contribution in [-0.2, 0) is 0 Å². The van der Waals surface area contributed by atoms with Gasteiger partial charge in [0.1, 0.15) is 0 Å². The number of para-hydroxylation sites is 1. The van der Waals surface area contributed by atoms with Crippen molar-refractivity contribution in [3.8, 4) is 11.5 Å². The van der Waals surface area contributed by atoms with Gasteiger partial charge in [0.25, 0.3) is 5.91 Å². The van der Waals surface area contributed by atoms with Crippen LogP contribution >= 0.6 is 0 Å². The first-order valence-electron chi connectivity index (χ1n) is 8.63. The molecular weight excluding hydrogens is 316 g/mol. The number of carbonyl (C=O) groups is 1. The molecule has 1 heterocycles. The number of anilines is 1. The quantitative estimate of drug-likeness (QED) is 0.839. The normalized spacial score (nSPS) is 14.3. The third kappa shape index (κ3) is 3.87. The molecule has 1 amide bonds. The van der Waals surface area contributed by atoms with E-state index in [4.69, 9.17) is 9.47 Å². The minimum Gasteiger partial charge on any atom is -0.493 e. The summed E-state index contributed by atoms with van der Waals surface area (Å²) in [5.41, 5.74) is 1.84. The van der Waals surface area contributed by atoms with Crippen LogP contribution in [0.1, 0.15) is 17.3 Å². The summed E-state index contributed by atoms with van der Waals surface area (Å²) in [5.74, 6) is 1.29. The van der Waals surface area contributed by atoms with Crippen LogP contribution in [0, 0.1) is 0 Å². The second-order valence-electron chi connectivity index (χ2n) is 5.91. The summed E-state index contributed by atoms with van der Waals surface area (Å²) >= 11 is 0. The number of amides is 1.